The van der Waals surface area contributed by atoms with Gasteiger partial charge in [0.2, 0.25) is 17.7 Å². The van der Waals surface area contributed by atoms with Crippen LogP contribution in [-0.2, 0) is 28.7 Å². The third-order valence-corrected chi connectivity index (χ3v) is 4.68. The zero-order chi connectivity index (χ0) is 27.5. The molecule has 0 aliphatic heterocycles. The van der Waals surface area contributed by atoms with E-state index < -0.39 is 67.0 Å². The summed E-state index contributed by atoms with van der Waals surface area (Å²) in [5.74, 6) is -3.26. The van der Waals surface area contributed by atoms with Gasteiger partial charge in [-0.3, -0.25) is 19.2 Å². The Labute approximate surface area is 209 Å². The lowest BCUT2D eigenvalue weighted by atomic mass is 10.00. The molecule has 0 saturated carbocycles. The molecule has 0 spiro atoms. The summed E-state index contributed by atoms with van der Waals surface area (Å²) in [7, 11) is 1.15. The number of nitrogens with zero attached hydrogens (tertiary/aromatic N) is 1. The van der Waals surface area contributed by atoms with Crippen LogP contribution in [0.3, 0.4) is 0 Å². The molecule has 4 amide bonds. The van der Waals surface area contributed by atoms with Crippen LogP contribution >= 0.6 is 0 Å². The number of hydrogen-bond acceptors (Lipinski definition) is 8. The lowest BCUT2D eigenvalue weighted by Crippen LogP contribution is -2.54. The molecule has 198 valence electrons. The van der Waals surface area contributed by atoms with Crippen LogP contribution < -0.4 is 16.4 Å². The van der Waals surface area contributed by atoms with Crippen molar-refractivity contribution < 1.29 is 38.6 Å². The van der Waals surface area contributed by atoms with Crippen molar-refractivity contribution in [2.24, 2.45) is 5.73 Å². The topological polar surface area (TPSA) is 177 Å². The van der Waals surface area contributed by atoms with Gasteiger partial charge < -0.3 is 35.8 Å². The number of benzene rings is 1. The summed E-state index contributed by atoms with van der Waals surface area (Å²) in [5.41, 5.74) is 5.36. The molecular formula is C24H34N4O8. The highest BCUT2D eigenvalue weighted by atomic mass is 16.6. The number of ether oxygens (including phenoxy) is 2. The molecule has 36 heavy (non-hydrogen) atoms. The average Bonchev–Trinajstić information content (AvgIpc) is 2.79. The molecule has 0 aliphatic carbocycles. The Bertz CT molecular complexity index is 973. The normalized spacial score (nSPS) is 12.5. The molecule has 0 saturated heterocycles. The van der Waals surface area contributed by atoms with Gasteiger partial charge in [-0.2, -0.15) is 0 Å². The van der Waals surface area contributed by atoms with Crippen LogP contribution in [0, 0.1) is 0 Å². The molecule has 0 aliphatic rings. The van der Waals surface area contributed by atoms with E-state index in [1.165, 1.54) is 6.08 Å². The van der Waals surface area contributed by atoms with E-state index in [1.54, 1.807) is 45.0 Å². The number of alkyl carbamates (subject to hydrolysis) is 1. The SMILES string of the molecule is C=Cc1cccc(C(C(=O)NCC(=O)OC)N(CCO)C(=O)C(CC(N)=O)NC(=O)OC(C)(C)C)c1. The zero-order valence-electron chi connectivity index (χ0n) is 20.9. The van der Waals surface area contributed by atoms with E-state index in [0.717, 1.165) is 12.0 Å². The van der Waals surface area contributed by atoms with Crippen molar-refractivity contribution >= 4 is 35.9 Å². The summed E-state index contributed by atoms with van der Waals surface area (Å²) < 4.78 is 9.72. The van der Waals surface area contributed by atoms with Crippen molar-refractivity contribution in [2.45, 2.75) is 44.9 Å². The van der Waals surface area contributed by atoms with Crippen LogP contribution in [-0.4, -0.2) is 78.2 Å². The first-order chi connectivity index (χ1) is 16.8. The van der Waals surface area contributed by atoms with Gasteiger partial charge in [-0.25, -0.2) is 4.79 Å². The maximum Gasteiger partial charge on any atom is 0.408 e. The molecule has 0 radical (unpaired) electrons. The standard InChI is InChI=1S/C24H34N4O8/c1-6-15-8-7-9-16(12-15)20(21(32)26-14-19(31)35-5)28(10-11-29)22(33)17(13-18(25)30)27-23(34)36-24(2,3)4/h6-9,12,17,20,29H,1,10-11,13-14H2,2-5H3,(H2,25,30)(H,26,32)(H,27,34). The van der Waals surface area contributed by atoms with Crippen LogP contribution in [0.2, 0.25) is 0 Å². The number of methoxy groups -OCH3 is 1. The Morgan fingerprint density at radius 1 is 1.22 bits per heavy atom. The Morgan fingerprint density at radius 3 is 2.42 bits per heavy atom. The number of aliphatic hydroxyl groups excluding tert-OH is 1. The number of nitrogens with two attached hydrogens (primary N) is 1. The first kappa shape index (κ1) is 30.1. The number of aliphatic hydroxyl groups is 1. The maximum absolute atomic E-state index is 13.6. The fraction of sp³-hybridized carbons (Fsp3) is 0.458. The molecule has 0 aromatic heterocycles. The van der Waals surface area contributed by atoms with E-state index in [9.17, 15) is 29.1 Å². The third kappa shape index (κ3) is 9.74. The molecule has 1 aromatic carbocycles. The predicted molar refractivity (Wildman–Crippen MR) is 130 cm³/mol. The summed E-state index contributed by atoms with van der Waals surface area (Å²) in [5, 5.41) is 14.4. The van der Waals surface area contributed by atoms with Gasteiger partial charge in [-0.15, -0.1) is 0 Å². The van der Waals surface area contributed by atoms with Gasteiger partial charge in [-0.05, 0) is 38.0 Å². The smallest absolute Gasteiger partial charge is 0.408 e. The van der Waals surface area contributed by atoms with E-state index in [2.05, 4.69) is 21.9 Å². The highest BCUT2D eigenvalue weighted by molar-refractivity contribution is 5.95. The molecule has 12 heteroatoms. The number of amides is 4. The molecule has 1 rings (SSSR count). The summed E-state index contributed by atoms with van der Waals surface area (Å²) >= 11 is 0. The van der Waals surface area contributed by atoms with Crippen LogP contribution in [0.5, 0.6) is 0 Å². The first-order valence-corrected chi connectivity index (χ1v) is 11.1. The molecule has 2 atom stereocenters. The lowest BCUT2D eigenvalue weighted by Gasteiger charge is -2.34. The Kier molecular flexibility index (Phi) is 11.6. The zero-order valence-corrected chi connectivity index (χ0v) is 20.9. The van der Waals surface area contributed by atoms with Crippen molar-refractivity contribution in [3.05, 3.63) is 42.0 Å². The fourth-order valence-electron chi connectivity index (χ4n) is 3.18. The maximum atomic E-state index is 13.6. The van der Waals surface area contributed by atoms with Gasteiger partial charge in [0, 0.05) is 6.54 Å². The van der Waals surface area contributed by atoms with Gasteiger partial charge in [0.05, 0.1) is 20.1 Å². The Balaban J connectivity index is 3.47. The molecular weight excluding hydrogens is 472 g/mol. The van der Waals surface area contributed by atoms with E-state index in [4.69, 9.17) is 10.5 Å². The van der Waals surface area contributed by atoms with Gasteiger partial charge in [0.1, 0.15) is 24.2 Å². The number of nitrogens with one attached hydrogen (secondary N) is 2. The van der Waals surface area contributed by atoms with Crippen LogP contribution in [0.1, 0.15) is 44.4 Å². The van der Waals surface area contributed by atoms with Gasteiger partial charge >= 0.3 is 12.1 Å². The molecule has 0 heterocycles. The molecule has 0 fully saturated rings. The highest BCUT2D eigenvalue weighted by Crippen LogP contribution is 2.24. The van der Waals surface area contributed by atoms with Crippen molar-refractivity contribution in [1.29, 1.82) is 0 Å². The Hall–Kier alpha value is -3.93. The van der Waals surface area contributed by atoms with Crippen molar-refractivity contribution in [3.8, 4) is 0 Å². The number of rotatable bonds is 12. The molecule has 12 nitrogen and oxygen atoms in total. The predicted octanol–water partition coefficient (Wildman–Crippen LogP) is 0.250. The molecule has 1 aromatic rings. The fourth-order valence-corrected chi connectivity index (χ4v) is 3.18. The quantitative estimate of drug-likeness (QED) is 0.291. The second-order valence-corrected chi connectivity index (χ2v) is 8.70. The number of carbonyl (C=O) groups is 5. The summed E-state index contributed by atoms with van der Waals surface area (Å²) in [6, 6.07) is 3.66. The summed E-state index contributed by atoms with van der Waals surface area (Å²) in [4.78, 5) is 63.4. The summed E-state index contributed by atoms with van der Waals surface area (Å²) in [6.07, 6.45) is -0.0414. The second-order valence-electron chi connectivity index (χ2n) is 8.70. The largest absolute Gasteiger partial charge is 0.468 e. The van der Waals surface area contributed by atoms with Gasteiger partial charge in [0.15, 0.2) is 0 Å². The molecule has 2 unspecified atom stereocenters. The van der Waals surface area contributed by atoms with Crippen LogP contribution in [0.25, 0.3) is 6.08 Å². The Morgan fingerprint density at radius 2 is 1.89 bits per heavy atom. The summed E-state index contributed by atoms with van der Waals surface area (Å²) in [6.45, 7) is 7.16. The van der Waals surface area contributed by atoms with Gasteiger partial charge in [0.25, 0.3) is 0 Å². The number of esters is 1. The lowest BCUT2D eigenvalue weighted by molar-refractivity contribution is -0.145. The van der Waals surface area contributed by atoms with E-state index in [1.807, 2.05) is 0 Å². The highest BCUT2D eigenvalue weighted by Gasteiger charge is 2.37. The third-order valence-electron chi connectivity index (χ3n) is 4.68. The van der Waals surface area contributed by atoms with Crippen LogP contribution in [0.15, 0.2) is 30.8 Å². The van der Waals surface area contributed by atoms with Crippen molar-refractivity contribution in [3.63, 3.8) is 0 Å². The van der Waals surface area contributed by atoms with Crippen molar-refractivity contribution in [2.75, 3.05) is 26.8 Å². The minimum atomic E-state index is -1.50. The average molecular weight is 507 g/mol. The first-order valence-electron chi connectivity index (χ1n) is 11.1. The second kappa shape index (κ2) is 13.8. The van der Waals surface area contributed by atoms with E-state index >= 15 is 0 Å². The number of hydrogen-bond donors (Lipinski definition) is 4. The molecule has 5 N–H and O–H groups in total. The monoisotopic (exact) mass is 506 g/mol. The number of carbonyl (C=O) groups excluding carboxylic acids is 5. The number of primary amides is 1. The minimum absolute atomic E-state index is 0.326. The van der Waals surface area contributed by atoms with Crippen molar-refractivity contribution in [1.82, 2.24) is 15.5 Å². The molecule has 0 bridgehead atoms. The van der Waals surface area contributed by atoms with E-state index in [-0.39, 0.29) is 6.54 Å². The van der Waals surface area contributed by atoms with Crippen LogP contribution in [0.4, 0.5) is 4.79 Å². The van der Waals surface area contributed by atoms with Gasteiger partial charge in [-0.1, -0.05) is 30.9 Å². The minimum Gasteiger partial charge on any atom is -0.468 e. The van der Waals surface area contributed by atoms with E-state index in [0.29, 0.717) is 11.1 Å².